The van der Waals surface area contributed by atoms with E-state index >= 15 is 0 Å². The van der Waals surface area contributed by atoms with Crippen molar-refractivity contribution in [3.63, 3.8) is 0 Å². The summed E-state index contributed by atoms with van der Waals surface area (Å²) in [7, 11) is 0. The van der Waals surface area contributed by atoms with Gasteiger partial charge in [-0.25, -0.2) is 14.4 Å². The first-order valence-corrected chi connectivity index (χ1v) is 8.77. The summed E-state index contributed by atoms with van der Waals surface area (Å²) in [5.41, 5.74) is 2.24. The van der Waals surface area contributed by atoms with Crippen LogP contribution in [0.4, 0.5) is 16.0 Å². The topological polar surface area (TPSA) is 41.0 Å². The zero-order chi connectivity index (χ0) is 18.4. The molecule has 1 N–H and O–H groups in total. The standard InChI is InChI=1S/C21H23FN4/c1-3-26(15-18-7-5-4-6-8-18)21-13-20(24-16(2)25-21)23-14-17-9-11-19(22)12-10-17/h4-13H,3,14-15H2,1-2H3,(H,23,24,25). The molecule has 26 heavy (non-hydrogen) atoms. The van der Waals surface area contributed by atoms with E-state index < -0.39 is 0 Å². The molecule has 0 saturated carbocycles. The molecule has 0 amide bonds. The lowest BCUT2D eigenvalue weighted by atomic mass is 10.2. The molecule has 0 unspecified atom stereocenters. The Labute approximate surface area is 153 Å². The molecule has 0 bridgehead atoms. The van der Waals surface area contributed by atoms with Crippen LogP contribution in [-0.4, -0.2) is 16.5 Å². The molecule has 3 rings (SSSR count). The summed E-state index contributed by atoms with van der Waals surface area (Å²) in [6.07, 6.45) is 0. The molecule has 2 aromatic carbocycles. The molecule has 1 heterocycles. The first-order chi connectivity index (χ1) is 12.6. The number of aromatic nitrogens is 2. The van der Waals surface area contributed by atoms with Gasteiger partial charge >= 0.3 is 0 Å². The maximum absolute atomic E-state index is 13.0. The Bertz CT molecular complexity index is 834. The zero-order valence-electron chi connectivity index (χ0n) is 15.1. The van der Waals surface area contributed by atoms with Crippen molar-refractivity contribution in [2.45, 2.75) is 26.9 Å². The highest BCUT2D eigenvalue weighted by Gasteiger charge is 2.10. The molecule has 0 saturated heterocycles. The van der Waals surface area contributed by atoms with E-state index in [0.717, 1.165) is 36.1 Å². The lowest BCUT2D eigenvalue weighted by Gasteiger charge is -2.23. The summed E-state index contributed by atoms with van der Waals surface area (Å²) >= 11 is 0. The molecule has 4 nitrogen and oxygen atoms in total. The third kappa shape index (κ3) is 4.79. The molecule has 0 aliphatic heterocycles. The Morgan fingerprint density at radius 3 is 2.38 bits per heavy atom. The van der Waals surface area contributed by atoms with Crippen LogP contribution < -0.4 is 10.2 Å². The highest BCUT2D eigenvalue weighted by molar-refractivity contribution is 5.50. The van der Waals surface area contributed by atoms with Gasteiger partial charge in [0.1, 0.15) is 23.3 Å². The van der Waals surface area contributed by atoms with Gasteiger partial charge in [-0.1, -0.05) is 42.5 Å². The third-order valence-corrected chi connectivity index (χ3v) is 4.13. The molecule has 0 fully saturated rings. The van der Waals surface area contributed by atoms with E-state index in [1.807, 2.05) is 31.2 Å². The molecule has 0 aliphatic carbocycles. The Kier molecular flexibility index (Phi) is 5.79. The van der Waals surface area contributed by atoms with E-state index in [4.69, 9.17) is 0 Å². The van der Waals surface area contributed by atoms with Crippen LogP contribution in [0.1, 0.15) is 23.9 Å². The molecule has 0 spiro atoms. The second-order valence-corrected chi connectivity index (χ2v) is 6.14. The fourth-order valence-electron chi connectivity index (χ4n) is 2.76. The van der Waals surface area contributed by atoms with E-state index in [1.54, 1.807) is 12.1 Å². The molecule has 0 aliphatic rings. The maximum atomic E-state index is 13.0. The summed E-state index contributed by atoms with van der Waals surface area (Å²) < 4.78 is 13.0. The van der Waals surface area contributed by atoms with E-state index in [1.165, 1.54) is 17.7 Å². The summed E-state index contributed by atoms with van der Waals surface area (Å²) in [4.78, 5) is 11.3. The summed E-state index contributed by atoms with van der Waals surface area (Å²) in [5, 5.41) is 3.30. The summed E-state index contributed by atoms with van der Waals surface area (Å²) in [6, 6.07) is 18.8. The van der Waals surface area contributed by atoms with Crippen molar-refractivity contribution in [3.05, 3.63) is 83.4 Å². The average molecular weight is 350 g/mol. The van der Waals surface area contributed by atoms with Crippen molar-refractivity contribution in [1.29, 1.82) is 0 Å². The smallest absolute Gasteiger partial charge is 0.134 e. The number of benzene rings is 2. The minimum atomic E-state index is -0.228. The first kappa shape index (κ1) is 17.9. The average Bonchev–Trinajstić information content (AvgIpc) is 2.66. The van der Waals surface area contributed by atoms with Crippen LogP contribution in [0.5, 0.6) is 0 Å². The highest BCUT2D eigenvalue weighted by Crippen LogP contribution is 2.19. The molecule has 3 aromatic rings. The van der Waals surface area contributed by atoms with Gasteiger partial charge in [0.25, 0.3) is 0 Å². The Hall–Kier alpha value is -2.95. The van der Waals surface area contributed by atoms with Crippen molar-refractivity contribution in [1.82, 2.24) is 9.97 Å². The van der Waals surface area contributed by atoms with Crippen LogP contribution in [0.2, 0.25) is 0 Å². The second kappa shape index (κ2) is 8.43. The van der Waals surface area contributed by atoms with E-state index in [9.17, 15) is 4.39 Å². The lowest BCUT2D eigenvalue weighted by Crippen LogP contribution is -2.23. The minimum absolute atomic E-state index is 0.228. The van der Waals surface area contributed by atoms with Crippen LogP contribution in [0.3, 0.4) is 0 Å². The fraction of sp³-hybridized carbons (Fsp3) is 0.238. The van der Waals surface area contributed by atoms with Gasteiger partial charge in [0.2, 0.25) is 0 Å². The van der Waals surface area contributed by atoms with E-state index in [2.05, 4.69) is 39.2 Å². The quantitative estimate of drug-likeness (QED) is 0.678. The monoisotopic (exact) mass is 350 g/mol. The van der Waals surface area contributed by atoms with Gasteiger partial charge in [-0.05, 0) is 37.1 Å². The molecule has 134 valence electrons. The van der Waals surface area contributed by atoms with Crippen molar-refractivity contribution >= 4 is 11.6 Å². The third-order valence-electron chi connectivity index (χ3n) is 4.13. The van der Waals surface area contributed by atoms with Gasteiger partial charge in [-0.15, -0.1) is 0 Å². The Balaban J connectivity index is 1.74. The van der Waals surface area contributed by atoms with Gasteiger partial charge in [0, 0.05) is 25.7 Å². The number of aryl methyl sites for hydroxylation is 1. The SMILES string of the molecule is CCN(Cc1ccccc1)c1cc(NCc2ccc(F)cc2)nc(C)n1. The molecule has 0 radical (unpaired) electrons. The number of nitrogens with one attached hydrogen (secondary N) is 1. The molecule has 0 atom stereocenters. The zero-order valence-corrected chi connectivity index (χ0v) is 15.1. The van der Waals surface area contributed by atoms with Crippen molar-refractivity contribution in [3.8, 4) is 0 Å². The molecule has 5 heteroatoms. The normalized spacial score (nSPS) is 10.6. The summed E-state index contributed by atoms with van der Waals surface area (Å²) in [5.74, 6) is 2.15. The van der Waals surface area contributed by atoms with Crippen LogP contribution in [-0.2, 0) is 13.1 Å². The number of anilines is 2. The molecule has 1 aromatic heterocycles. The lowest BCUT2D eigenvalue weighted by molar-refractivity contribution is 0.627. The predicted molar refractivity (Wildman–Crippen MR) is 104 cm³/mol. The van der Waals surface area contributed by atoms with Crippen LogP contribution in [0.25, 0.3) is 0 Å². The highest BCUT2D eigenvalue weighted by atomic mass is 19.1. The van der Waals surface area contributed by atoms with Gasteiger partial charge < -0.3 is 10.2 Å². The Morgan fingerprint density at radius 2 is 1.69 bits per heavy atom. The maximum Gasteiger partial charge on any atom is 0.134 e. The number of halogens is 1. The molecular weight excluding hydrogens is 327 g/mol. The van der Waals surface area contributed by atoms with Gasteiger partial charge in [-0.2, -0.15) is 0 Å². The van der Waals surface area contributed by atoms with Gasteiger partial charge in [0.05, 0.1) is 0 Å². The number of nitrogens with zero attached hydrogens (tertiary/aromatic N) is 3. The van der Waals surface area contributed by atoms with Gasteiger partial charge in [0.15, 0.2) is 0 Å². The minimum Gasteiger partial charge on any atom is -0.366 e. The van der Waals surface area contributed by atoms with E-state index in [-0.39, 0.29) is 5.82 Å². The largest absolute Gasteiger partial charge is 0.366 e. The number of hydrogen-bond acceptors (Lipinski definition) is 4. The van der Waals surface area contributed by atoms with Crippen molar-refractivity contribution < 1.29 is 4.39 Å². The second-order valence-electron chi connectivity index (χ2n) is 6.14. The van der Waals surface area contributed by atoms with Crippen LogP contribution in [0, 0.1) is 12.7 Å². The fourth-order valence-corrected chi connectivity index (χ4v) is 2.76. The predicted octanol–water partition coefficient (Wildman–Crippen LogP) is 4.56. The van der Waals surface area contributed by atoms with Crippen molar-refractivity contribution in [2.24, 2.45) is 0 Å². The van der Waals surface area contributed by atoms with E-state index in [0.29, 0.717) is 6.54 Å². The number of hydrogen-bond donors (Lipinski definition) is 1. The van der Waals surface area contributed by atoms with Gasteiger partial charge in [-0.3, -0.25) is 0 Å². The van der Waals surface area contributed by atoms with Crippen LogP contribution >= 0.6 is 0 Å². The Morgan fingerprint density at radius 1 is 0.962 bits per heavy atom. The van der Waals surface area contributed by atoms with Crippen LogP contribution in [0.15, 0.2) is 60.7 Å². The number of rotatable bonds is 7. The molecular formula is C21H23FN4. The first-order valence-electron chi connectivity index (χ1n) is 8.77. The summed E-state index contributed by atoms with van der Waals surface area (Å²) in [6.45, 7) is 6.24. The van der Waals surface area contributed by atoms with Crippen molar-refractivity contribution in [2.75, 3.05) is 16.8 Å².